The number of rotatable bonds is 6. The molecular weight excluding hydrogens is 426 g/mol. The van der Waals surface area contributed by atoms with Crippen molar-refractivity contribution in [2.75, 3.05) is 47.9 Å². The molecule has 1 saturated heterocycles. The van der Waals surface area contributed by atoms with Gasteiger partial charge in [0, 0.05) is 25.7 Å². The number of carbonyl (C=O) groups is 1. The SMILES string of the molecule is CN(c1ccccc1)S(=O)(=O)c1ccc(C(=O)Nc2ccccc2N2CCOCC2)cc1. The molecule has 0 aliphatic carbocycles. The summed E-state index contributed by atoms with van der Waals surface area (Å²) in [6.45, 7) is 2.81. The Morgan fingerprint density at radius 3 is 2.22 bits per heavy atom. The van der Waals surface area contributed by atoms with Crippen molar-refractivity contribution >= 4 is 33.0 Å². The van der Waals surface area contributed by atoms with Gasteiger partial charge in [-0.1, -0.05) is 30.3 Å². The monoisotopic (exact) mass is 451 g/mol. The minimum absolute atomic E-state index is 0.120. The van der Waals surface area contributed by atoms with Gasteiger partial charge in [0.25, 0.3) is 15.9 Å². The maximum atomic E-state index is 12.9. The number of hydrogen-bond donors (Lipinski definition) is 1. The van der Waals surface area contributed by atoms with E-state index in [0.29, 0.717) is 30.2 Å². The van der Waals surface area contributed by atoms with Crippen LogP contribution in [-0.4, -0.2) is 47.7 Å². The minimum atomic E-state index is -3.73. The second kappa shape index (κ2) is 9.42. The Bertz CT molecular complexity index is 1180. The topological polar surface area (TPSA) is 79.0 Å². The number of sulfonamides is 1. The van der Waals surface area contributed by atoms with E-state index in [0.717, 1.165) is 18.8 Å². The maximum Gasteiger partial charge on any atom is 0.264 e. The predicted octanol–water partition coefficient (Wildman–Crippen LogP) is 3.60. The van der Waals surface area contributed by atoms with Crippen molar-refractivity contribution in [2.24, 2.45) is 0 Å². The molecule has 7 nitrogen and oxygen atoms in total. The van der Waals surface area contributed by atoms with Gasteiger partial charge in [0.15, 0.2) is 0 Å². The van der Waals surface area contributed by atoms with Crippen LogP contribution in [0, 0.1) is 0 Å². The first-order chi connectivity index (χ1) is 15.5. The Morgan fingerprint density at radius 1 is 0.906 bits per heavy atom. The molecule has 0 bridgehead atoms. The highest BCUT2D eigenvalue weighted by Crippen LogP contribution is 2.27. The standard InChI is InChI=1S/C24H25N3O4S/c1-26(20-7-3-2-4-8-20)32(29,30)21-13-11-19(12-14-21)24(28)25-22-9-5-6-10-23(22)27-15-17-31-18-16-27/h2-14H,15-18H2,1H3,(H,25,28). The molecule has 3 aromatic rings. The average molecular weight is 452 g/mol. The summed E-state index contributed by atoms with van der Waals surface area (Å²) < 4.78 is 32.5. The summed E-state index contributed by atoms with van der Waals surface area (Å²) in [5, 5.41) is 2.95. The molecule has 3 aromatic carbocycles. The van der Waals surface area contributed by atoms with E-state index in [9.17, 15) is 13.2 Å². The molecule has 166 valence electrons. The van der Waals surface area contributed by atoms with E-state index in [4.69, 9.17) is 4.74 Å². The van der Waals surface area contributed by atoms with Crippen LogP contribution in [0.1, 0.15) is 10.4 Å². The van der Waals surface area contributed by atoms with Gasteiger partial charge >= 0.3 is 0 Å². The fourth-order valence-electron chi connectivity index (χ4n) is 3.57. The summed E-state index contributed by atoms with van der Waals surface area (Å²) >= 11 is 0. The van der Waals surface area contributed by atoms with Crippen LogP contribution < -0.4 is 14.5 Å². The van der Waals surface area contributed by atoms with Crippen LogP contribution in [0.2, 0.25) is 0 Å². The lowest BCUT2D eigenvalue weighted by molar-refractivity contribution is 0.102. The van der Waals surface area contributed by atoms with Gasteiger partial charge in [0.2, 0.25) is 0 Å². The van der Waals surface area contributed by atoms with Gasteiger partial charge < -0.3 is 15.0 Å². The molecule has 0 unspecified atom stereocenters. The Morgan fingerprint density at radius 2 is 1.53 bits per heavy atom. The van der Waals surface area contributed by atoms with Crippen molar-refractivity contribution in [2.45, 2.75) is 4.90 Å². The quantitative estimate of drug-likeness (QED) is 0.620. The number of morpholine rings is 1. The zero-order valence-corrected chi connectivity index (χ0v) is 18.6. The normalized spacial score (nSPS) is 14.1. The molecule has 1 aliphatic rings. The number of ether oxygens (including phenoxy) is 1. The molecule has 1 N–H and O–H groups in total. The van der Waals surface area contributed by atoms with Gasteiger partial charge in [-0.15, -0.1) is 0 Å². The van der Waals surface area contributed by atoms with Crippen LogP contribution in [0.3, 0.4) is 0 Å². The molecule has 1 heterocycles. The molecule has 1 aliphatic heterocycles. The molecule has 1 amide bonds. The molecule has 0 saturated carbocycles. The smallest absolute Gasteiger partial charge is 0.264 e. The third-order valence-corrected chi connectivity index (χ3v) is 7.20. The molecule has 0 aromatic heterocycles. The lowest BCUT2D eigenvalue weighted by atomic mass is 10.2. The number of nitrogens with zero attached hydrogens (tertiary/aromatic N) is 2. The van der Waals surface area contributed by atoms with Crippen molar-refractivity contribution in [3.05, 3.63) is 84.4 Å². The second-order valence-electron chi connectivity index (χ2n) is 7.40. The van der Waals surface area contributed by atoms with E-state index >= 15 is 0 Å². The lowest BCUT2D eigenvalue weighted by Gasteiger charge is -2.30. The zero-order valence-electron chi connectivity index (χ0n) is 17.8. The number of para-hydroxylation sites is 3. The van der Waals surface area contributed by atoms with Gasteiger partial charge in [-0.25, -0.2) is 8.42 Å². The van der Waals surface area contributed by atoms with E-state index in [1.54, 1.807) is 24.3 Å². The first kappa shape index (κ1) is 21.9. The van der Waals surface area contributed by atoms with E-state index in [2.05, 4.69) is 10.2 Å². The van der Waals surface area contributed by atoms with Gasteiger partial charge in [-0.3, -0.25) is 9.10 Å². The average Bonchev–Trinajstić information content (AvgIpc) is 2.85. The summed E-state index contributed by atoms with van der Waals surface area (Å²) in [4.78, 5) is 15.1. The fraction of sp³-hybridized carbons (Fsp3) is 0.208. The van der Waals surface area contributed by atoms with E-state index in [1.165, 1.54) is 35.6 Å². The fourth-order valence-corrected chi connectivity index (χ4v) is 4.76. The summed E-state index contributed by atoms with van der Waals surface area (Å²) in [7, 11) is -2.22. The Balaban J connectivity index is 1.51. The molecular formula is C24H25N3O4S. The van der Waals surface area contributed by atoms with E-state index in [-0.39, 0.29) is 10.8 Å². The molecule has 0 atom stereocenters. The van der Waals surface area contributed by atoms with Crippen molar-refractivity contribution < 1.29 is 17.9 Å². The summed E-state index contributed by atoms with van der Waals surface area (Å²) in [5.74, 6) is -0.300. The molecule has 8 heteroatoms. The van der Waals surface area contributed by atoms with Crippen LogP contribution in [0.15, 0.2) is 83.8 Å². The zero-order chi connectivity index (χ0) is 22.6. The third kappa shape index (κ3) is 4.61. The van der Waals surface area contributed by atoms with Gasteiger partial charge in [0.1, 0.15) is 0 Å². The van der Waals surface area contributed by atoms with Crippen LogP contribution in [-0.2, 0) is 14.8 Å². The summed E-state index contributed by atoms with van der Waals surface area (Å²) in [6, 6.07) is 22.4. The largest absolute Gasteiger partial charge is 0.378 e. The van der Waals surface area contributed by atoms with Crippen molar-refractivity contribution in [1.82, 2.24) is 0 Å². The molecule has 32 heavy (non-hydrogen) atoms. The highest BCUT2D eigenvalue weighted by atomic mass is 32.2. The number of amides is 1. The Hall–Kier alpha value is -3.36. The second-order valence-corrected chi connectivity index (χ2v) is 9.37. The van der Waals surface area contributed by atoms with Crippen molar-refractivity contribution in [1.29, 1.82) is 0 Å². The molecule has 4 rings (SSSR count). The van der Waals surface area contributed by atoms with Crippen LogP contribution in [0.5, 0.6) is 0 Å². The van der Waals surface area contributed by atoms with Crippen LogP contribution in [0.4, 0.5) is 17.1 Å². The molecule has 1 fully saturated rings. The van der Waals surface area contributed by atoms with Crippen LogP contribution in [0.25, 0.3) is 0 Å². The summed E-state index contributed by atoms with van der Waals surface area (Å²) in [6.07, 6.45) is 0. The highest BCUT2D eigenvalue weighted by Gasteiger charge is 2.22. The van der Waals surface area contributed by atoms with Crippen LogP contribution >= 0.6 is 0 Å². The van der Waals surface area contributed by atoms with Gasteiger partial charge in [-0.05, 0) is 48.5 Å². The van der Waals surface area contributed by atoms with Crippen molar-refractivity contribution in [3.63, 3.8) is 0 Å². The summed E-state index contributed by atoms with van der Waals surface area (Å²) in [5.41, 5.74) is 2.59. The van der Waals surface area contributed by atoms with E-state index in [1.807, 2.05) is 30.3 Å². The van der Waals surface area contributed by atoms with Gasteiger partial charge in [-0.2, -0.15) is 0 Å². The number of benzene rings is 3. The maximum absolute atomic E-state index is 12.9. The third-order valence-electron chi connectivity index (χ3n) is 5.40. The first-order valence-corrected chi connectivity index (χ1v) is 11.8. The number of anilines is 3. The van der Waals surface area contributed by atoms with Gasteiger partial charge in [0.05, 0.1) is 35.2 Å². The highest BCUT2D eigenvalue weighted by molar-refractivity contribution is 7.92. The lowest BCUT2D eigenvalue weighted by Crippen LogP contribution is -2.36. The predicted molar refractivity (Wildman–Crippen MR) is 126 cm³/mol. The van der Waals surface area contributed by atoms with E-state index < -0.39 is 10.0 Å². The molecule has 0 spiro atoms. The number of carbonyl (C=O) groups excluding carboxylic acids is 1. The number of nitrogens with one attached hydrogen (secondary N) is 1. The first-order valence-electron chi connectivity index (χ1n) is 10.3. The molecule has 0 radical (unpaired) electrons. The Kier molecular flexibility index (Phi) is 6.43. The number of hydrogen-bond acceptors (Lipinski definition) is 5. The Labute approximate surface area is 188 Å². The van der Waals surface area contributed by atoms with Crippen molar-refractivity contribution in [3.8, 4) is 0 Å². The minimum Gasteiger partial charge on any atom is -0.378 e.